The fourth-order valence-electron chi connectivity index (χ4n) is 1.06. The summed E-state index contributed by atoms with van der Waals surface area (Å²) < 4.78 is 0. The first-order valence-electron chi connectivity index (χ1n) is 4.03. The fourth-order valence-corrected chi connectivity index (χ4v) is 1.06. The van der Waals surface area contributed by atoms with Crippen LogP contribution in [0.4, 0.5) is 0 Å². The van der Waals surface area contributed by atoms with E-state index in [1.807, 2.05) is 6.92 Å². The number of nitrogens with one attached hydrogen (secondary N) is 2. The first kappa shape index (κ1) is 9.66. The Bertz CT molecular complexity index is 251. The third-order valence-electron chi connectivity index (χ3n) is 1.84. The van der Waals surface area contributed by atoms with E-state index in [4.69, 9.17) is 5.73 Å². The van der Waals surface area contributed by atoms with Crippen molar-refractivity contribution in [3.05, 3.63) is 11.5 Å². The molecular weight excluding hydrogens is 172 g/mol. The van der Waals surface area contributed by atoms with Crippen LogP contribution in [-0.2, 0) is 4.79 Å². The zero-order chi connectivity index (χ0) is 10.0. The van der Waals surface area contributed by atoms with Crippen LogP contribution in [0.15, 0.2) is 11.5 Å². The highest BCUT2D eigenvalue weighted by atomic mass is 16.3. The molecule has 0 aromatic carbocycles. The molecule has 13 heavy (non-hydrogen) atoms. The number of amides is 1. The molecule has 1 aliphatic heterocycles. The van der Waals surface area contributed by atoms with E-state index in [0.29, 0.717) is 12.2 Å². The largest absolute Gasteiger partial charge is 0.383 e. The van der Waals surface area contributed by atoms with Gasteiger partial charge in [0, 0.05) is 13.6 Å². The SMILES string of the molecule is CCNC1=C(N)N(C)C(O)NC1=O. The number of aliphatic hydroxyl groups excluding tert-OH is 1. The number of aliphatic hydroxyl groups is 1. The van der Waals surface area contributed by atoms with E-state index >= 15 is 0 Å². The van der Waals surface area contributed by atoms with Gasteiger partial charge in [-0.25, -0.2) is 0 Å². The Kier molecular flexibility index (Phi) is 2.62. The van der Waals surface area contributed by atoms with Crippen molar-refractivity contribution in [3.8, 4) is 0 Å². The number of likely N-dealkylation sites (N-methyl/N-ethyl adjacent to an activating group) is 1. The van der Waals surface area contributed by atoms with Crippen molar-refractivity contribution >= 4 is 5.91 Å². The van der Waals surface area contributed by atoms with Crippen LogP contribution in [-0.4, -0.2) is 35.9 Å². The molecule has 0 aromatic heterocycles. The maximum absolute atomic E-state index is 11.3. The van der Waals surface area contributed by atoms with Crippen LogP contribution in [0, 0.1) is 0 Å². The number of nitrogens with zero attached hydrogens (tertiary/aromatic N) is 1. The van der Waals surface area contributed by atoms with Gasteiger partial charge in [-0.15, -0.1) is 0 Å². The first-order valence-corrected chi connectivity index (χ1v) is 4.03. The molecule has 5 N–H and O–H groups in total. The average molecular weight is 186 g/mol. The van der Waals surface area contributed by atoms with E-state index in [1.165, 1.54) is 4.90 Å². The Morgan fingerprint density at radius 1 is 1.77 bits per heavy atom. The summed E-state index contributed by atoms with van der Waals surface area (Å²) in [7, 11) is 1.59. The molecule has 0 aromatic rings. The molecule has 1 unspecified atom stereocenters. The van der Waals surface area contributed by atoms with Crippen molar-refractivity contribution in [1.29, 1.82) is 0 Å². The lowest BCUT2D eigenvalue weighted by Gasteiger charge is -2.32. The van der Waals surface area contributed by atoms with E-state index in [2.05, 4.69) is 10.6 Å². The maximum Gasteiger partial charge on any atom is 0.274 e. The van der Waals surface area contributed by atoms with E-state index in [1.54, 1.807) is 7.05 Å². The number of carbonyl (C=O) groups excluding carboxylic acids is 1. The lowest BCUT2D eigenvalue weighted by molar-refractivity contribution is -0.126. The van der Waals surface area contributed by atoms with Gasteiger partial charge in [0.15, 0.2) is 0 Å². The Labute approximate surface area is 76.4 Å². The van der Waals surface area contributed by atoms with Crippen molar-refractivity contribution in [1.82, 2.24) is 15.5 Å². The van der Waals surface area contributed by atoms with Crippen LogP contribution in [0.5, 0.6) is 0 Å². The Balaban J connectivity index is 2.92. The quantitative estimate of drug-likeness (QED) is 0.403. The van der Waals surface area contributed by atoms with E-state index < -0.39 is 6.35 Å². The molecular formula is C7H14N4O2. The topological polar surface area (TPSA) is 90.6 Å². The summed E-state index contributed by atoms with van der Waals surface area (Å²) in [4.78, 5) is 12.6. The lowest BCUT2D eigenvalue weighted by Crippen LogP contribution is -2.55. The minimum atomic E-state index is -1.05. The maximum atomic E-state index is 11.3. The van der Waals surface area contributed by atoms with Crippen LogP contribution in [0.2, 0.25) is 0 Å². The summed E-state index contributed by atoms with van der Waals surface area (Å²) in [5.74, 6) is -0.136. The highest BCUT2D eigenvalue weighted by Crippen LogP contribution is 2.08. The molecule has 0 saturated carbocycles. The highest BCUT2D eigenvalue weighted by Gasteiger charge is 2.27. The van der Waals surface area contributed by atoms with Crippen LogP contribution in [0.1, 0.15) is 6.92 Å². The molecule has 0 fully saturated rings. The molecule has 1 amide bonds. The van der Waals surface area contributed by atoms with E-state index in [9.17, 15) is 9.90 Å². The second-order valence-corrected chi connectivity index (χ2v) is 2.75. The summed E-state index contributed by atoms with van der Waals surface area (Å²) in [6.45, 7) is 2.46. The predicted octanol–water partition coefficient (Wildman–Crippen LogP) is -1.94. The van der Waals surface area contributed by atoms with Gasteiger partial charge >= 0.3 is 0 Å². The first-order chi connectivity index (χ1) is 6.07. The molecule has 0 spiro atoms. The van der Waals surface area contributed by atoms with Gasteiger partial charge in [-0.05, 0) is 6.92 Å². The monoisotopic (exact) mass is 186 g/mol. The van der Waals surface area contributed by atoms with Gasteiger partial charge in [-0.3, -0.25) is 4.79 Å². The van der Waals surface area contributed by atoms with E-state index in [0.717, 1.165) is 0 Å². The molecule has 74 valence electrons. The Hall–Kier alpha value is -1.43. The standard InChI is InChI=1S/C7H14N4O2/c1-3-9-4-5(8)11(2)7(13)10-6(4)12/h7,9,13H,3,8H2,1-2H3,(H,10,12). The number of rotatable bonds is 2. The summed E-state index contributed by atoms with van der Waals surface area (Å²) in [5.41, 5.74) is 5.91. The third kappa shape index (κ3) is 1.67. The number of carbonyl (C=O) groups is 1. The minimum Gasteiger partial charge on any atom is -0.383 e. The van der Waals surface area contributed by atoms with Gasteiger partial charge in [-0.2, -0.15) is 0 Å². The van der Waals surface area contributed by atoms with Crippen molar-refractivity contribution in [2.24, 2.45) is 5.73 Å². The molecule has 6 nitrogen and oxygen atoms in total. The molecule has 6 heteroatoms. The van der Waals surface area contributed by atoms with Crippen molar-refractivity contribution < 1.29 is 9.90 Å². The molecule has 0 saturated heterocycles. The average Bonchev–Trinajstić information content (AvgIpc) is 2.09. The van der Waals surface area contributed by atoms with Gasteiger partial charge in [0.1, 0.15) is 11.5 Å². The van der Waals surface area contributed by atoms with Gasteiger partial charge in [0.25, 0.3) is 5.91 Å². The van der Waals surface area contributed by atoms with Crippen LogP contribution < -0.4 is 16.4 Å². The summed E-state index contributed by atoms with van der Waals surface area (Å²) >= 11 is 0. The Morgan fingerprint density at radius 2 is 2.38 bits per heavy atom. The van der Waals surface area contributed by atoms with Crippen LogP contribution in [0.3, 0.4) is 0 Å². The molecule has 0 radical (unpaired) electrons. The van der Waals surface area contributed by atoms with Crippen LogP contribution in [0.25, 0.3) is 0 Å². The third-order valence-corrected chi connectivity index (χ3v) is 1.84. The van der Waals surface area contributed by atoms with Crippen molar-refractivity contribution in [2.75, 3.05) is 13.6 Å². The van der Waals surface area contributed by atoms with Gasteiger partial charge < -0.3 is 26.4 Å². The molecule has 1 rings (SSSR count). The number of hydrogen-bond donors (Lipinski definition) is 4. The van der Waals surface area contributed by atoms with Gasteiger partial charge in [-0.1, -0.05) is 0 Å². The molecule has 0 bridgehead atoms. The zero-order valence-electron chi connectivity index (χ0n) is 7.66. The zero-order valence-corrected chi connectivity index (χ0v) is 7.66. The second kappa shape index (κ2) is 3.53. The lowest BCUT2D eigenvalue weighted by atomic mass is 10.3. The van der Waals surface area contributed by atoms with Crippen LogP contribution >= 0.6 is 0 Å². The fraction of sp³-hybridized carbons (Fsp3) is 0.571. The van der Waals surface area contributed by atoms with Gasteiger partial charge in [0.05, 0.1) is 0 Å². The van der Waals surface area contributed by atoms with Crippen molar-refractivity contribution in [2.45, 2.75) is 13.3 Å². The highest BCUT2D eigenvalue weighted by molar-refractivity contribution is 5.94. The molecule has 1 aliphatic rings. The molecule has 0 aliphatic carbocycles. The molecule has 1 heterocycles. The second-order valence-electron chi connectivity index (χ2n) is 2.75. The van der Waals surface area contributed by atoms with Gasteiger partial charge in [0.2, 0.25) is 6.35 Å². The van der Waals surface area contributed by atoms with Crippen molar-refractivity contribution in [3.63, 3.8) is 0 Å². The summed E-state index contributed by atoms with van der Waals surface area (Å²) in [5, 5.41) is 14.4. The normalized spacial score (nSPS) is 23.2. The number of hydrogen-bond acceptors (Lipinski definition) is 5. The Morgan fingerprint density at radius 3 is 2.92 bits per heavy atom. The minimum absolute atomic E-state index is 0.248. The molecule has 1 atom stereocenters. The predicted molar refractivity (Wildman–Crippen MR) is 46.8 cm³/mol. The summed E-state index contributed by atoms with van der Waals surface area (Å²) in [6.07, 6.45) is -1.05. The summed E-state index contributed by atoms with van der Waals surface area (Å²) in [6, 6.07) is 0. The number of nitrogens with two attached hydrogens (primary N) is 1. The van der Waals surface area contributed by atoms with E-state index in [-0.39, 0.29) is 11.7 Å². The smallest absolute Gasteiger partial charge is 0.274 e.